The second kappa shape index (κ2) is 7.74. The minimum Gasteiger partial charge on any atom is -0.381 e. The summed E-state index contributed by atoms with van der Waals surface area (Å²) in [4.78, 5) is 4.57. The van der Waals surface area contributed by atoms with Gasteiger partial charge in [0.25, 0.3) is 0 Å². The van der Waals surface area contributed by atoms with Gasteiger partial charge in [-0.3, -0.25) is 0 Å². The van der Waals surface area contributed by atoms with Crippen LogP contribution < -0.4 is 5.32 Å². The summed E-state index contributed by atoms with van der Waals surface area (Å²) < 4.78 is 10.9. The van der Waals surface area contributed by atoms with Gasteiger partial charge in [-0.2, -0.15) is 4.98 Å². The molecule has 0 saturated carbocycles. The van der Waals surface area contributed by atoms with Gasteiger partial charge in [-0.15, -0.1) is 0 Å². The van der Waals surface area contributed by atoms with Crippen molar-refractivity contribution in [3.8, 4) is 0 Å². The van der Waals surface area contributed by atoms with Crippen LogP contribution in [0.5, 0.6) is 0 Å². The van der Waals surface area contributed by atoms with Gasteiger partial charge in [-0.25, -0.2) is 0 Å². The highest BCUT2D eigenvalue weighted by Gasteiger charge is 2.23. The quantitative estimate of drug-likeness (QED) is 0.832. The Balaban J connectivity index is 1.93. The zero-order chi connectivity index (χ0) is 14.4. The zero-order valence-electron chi connectivity index (χ0n) is 12.9. The molecule has 20 heavy (non-hydrogen) atoms. The standard InChI is InChI=1S/C15H27N3O2/c1-4-7-16-13(11(2)3)9-14-17-15(18-20-14)12-6-5-8-19-10-12/h11-13,16H,4-10H2,1-3H3. The molecule has 2 unspecified atom stereocenters. The average Bonchev–Trinajstić information content (AvgIpc) is 2.92. The number of hydrogen-bond acceptors (Lipinski definition) is 5. The van der Waals surface area contributed by atoms with E-state index < -0.39 is 0 Å². The van der Waals surface area contributed by atoms with Crippen LogP contribution in [0.2, 0.25) is 0 Å². The molecule has 5 heteroatoms. The maximum absolute atomic E-state index is 5.48. The van der Waals surface area contributed by atoms with Crippen molar-refractivity contribution >= 4 is 0 Å². The normalized spacial score (nSPS) is 21.3. The van der Waals surface area contributed by atoms with Gasteiger partial charge in [0.15, 0.2) is 5.82 Å². The molecule has 0 aliphatic carbocycles. The number of hydrogen-bond donors (Lipinski definition) is 1. The molecule has 1 N–H and O–H groups in total. The van der Waals surface area contributed by atoms with E-state index >= 15 is 0 Å². The molecule has 0 radical (unpaired) electrons. The van der Waals surface area contributed by atoms with Crippen LogP contribution >= 0.6 is 0 Å². The van der Waals surface area contributed by atoms with Crippen LogP contribution in [0.1, 0.15) is 57.7 Å². The Bertz CT molecular complexity index is 386. The Kier molecular flexibility index (Phi) is 5.98. The van der Waals surface area contributed by atoms with Crippen molar-refractivity contribution in [1.29, 1.82) is 0 Å². The van der Waals surface area contributed by atoms with Gasteiger partial charge in [0.2, 0.25) is 5.89 Å². The van der Waals surface area contributed by atoms with Crippen LogP contribution in [0.3, 0.4) is 0 Å². The Hall–Kier alpha value is -0.940. The van der Waals surface area contributed by atoms with Gasteiger partial charge in [0, 0.05) is 25.0 Å². The summed E-state index contributed by atoms with van der Waals surface area (Å²) in [6, 6.07) is 0.394. The summed E-state index contributed by atoms with van der Waals surface area (Å²) in [6.07, 6.45) is 4.12. The third kappa shape index (κ3) is 4.28. The minimum atomic E-state index is 0.308. The molecule has 5 nitrogen and oxygen atoms in total. The lowest BCUT2D eigenvalue weighted by Crippen LogP contribution is -2.36. The van der Waals surface area contributed by atoms with Crippen molar-refractivity contribution in [2.75, 3.05) is 19.8 Å². The van der Waals surface area contributed by atoms with Gasteiger partial charge in [-0.05, 0) is 31.7 Å². The molecule has 1 aromatic heterocycles. The topological polar surface area (TPSA) is 60.2 Å². The first kappa shape index (κ1) is 15.4. The SMILES string of the molecule is CCCNC(Cc1nc(C2CCCOC2)no1)C(C)C. The van der Waals surface area contributed by atoms with Crippen LogP contribution in [-0.2, 0) is 11.2 Å². The van der Waals surface area contributed by atoms with E-state index in [9.17, 15) is 0 Å². The predicted molar refractivity (Wildman–Crippen MR) is 77.7 cm³/mol. The van der Waals surface area contributed by atoms with E-state index in [0.29, 0.717) is 17.9 Å². The van der Waals surface area contributed by atoms with Crippen LogP contribution in [0.4, 0.5) is 0 Å². The first-order valence-corrected chi connectivity index (χ1v) is 7.84. The van der Waals surface area contributed by atoms with Crippen molar-refractivity contribution in [2.45, 2.75) is 58.4 Å². The molecule has 1 aliphatic heterocycles. The lowest BCUT2D eigenvalue weighted by atomic mass is 10.0. The zero-order valence-corrected chi connectivity index (χ0v) is 12.9. The molecule has 0 aromatic carbocycles. The first-order valence-electron chi connectivity index (χ1n) is 7.84. The smallest absolute Gasteiger partial charge is 0.228 e. The largest absolute Gasteiger partial charge is 0.381 e. The molecule has 1 aliphatic rings. The van der Waals surface area contributed by atoms with Gasteiger partial charge < -0.3 is 14.6 Å². The molecule has 114 valence electrons. The van der Waals surface area contributed by atoms with E-state index in [0.717, 1.165) is 57.2 Å². The van der Waals surface area contributed by atoms with Gasteiger partial charge >= 0.3 is 0 Å². The molecule has 2 atom stereocenters. The highest BCUT2D eigenvalue weighted by atomic mass is 16.5. The monoisotopic (exact) mass is 281 g/mol. The van der Waals surface area contributed by atoms with Crippen molar-refractivity contribution in [1.82, 2.24) is 15.5 Å². The number of nitrogens with zero attached hydrogens (tertiary/aromatic N) is 2. The fraction of sp³-hybridized carbons (Fsp3) is 0.867. The number of rotatable bonds is 7. The highest BCUT2D eigenvalue weighted by Crippen LogP contribution is 2.23. The second-order valence-corrected chi connectivity index (χ2v) is 5.97. The number of ether oxygens (including phenoxy) is 1. The highest BCUT2D eigenvalue weighted by molar-refractivity contribution is 4.98. The molecular weight excluding hydrogens is 254 g/mol. The summed E-state index contributed by atoms with van der Waals surface area (Å²) in [6.45, 7) is 9.23. The van der Waals surface area contributed by atoms with Crippen LogP contribution in [0, 0.1) is 5.92 Å². The molecule has 0 spiro atoms. The van der Waals surface area contributed by atoms with E-state index in [1.54, 1.807) is 0 Å². The van der Waals surface area contributed by atoms with Crippen LogP contribution in [0.25, 0.3) is 0 Å². The third-order valence-corrected chi connectivity index (χ3v) is 3.87. The Labute approximate surface area is 121 Å². The Morgan fingerprint density at radius 2 is 2.25 bits per heavy atom. The fourth-order valence-corrected chi connectivity index (χ4v) is 2.52. The minimum absolute atomic E-state index is 0.308. The van der Waals surface area contributed by atoms with E-state index in [1.807, 2.05) is 0 Å². The van der Waals surface area contributed by atoms with Crippen LogP contribution in [0.15, 0.2) is 4.52 Å². The molecule has 0 amide bonds. The molecule has 1 saturated heterocycles. The number of aromatic nitrogens is 2. The molecule has 1 aromatic rings. The van der Waals surface area contributed by atoms with Crippen LogP contribution in [-0.4, -0.2) is 35.9 Å². The third-order valence-electron chi connectivity index (χ3n) is 3.87. The van der Waals surface area contributed by atoms with Gasteiger partial charge in [-0.1, -0.05) is 25.9 Å². The van der Waals surface area contributed by atoms with Crippen molar-refractivity contribution in [3.05, 3.63) is 11.7 Å². The van der Waals surface area contributed by atoms with E-state index in [1.165, 1.54) is 0 Å². The van der Waals surface area contributed by atoms with Gasteiger partial charge in [0.1, 0.15) is 0 Å². The summed E-state index contributed by atoms with van der Waals surface area (Å²) in [5.74, 6) is 2.42. The summed E-state index contributed by atoms with van der Waals surface area (Å²) >= 11 is 0. The van der Waals surface area contributed by atoms with Crippen molar-refractivity contribution in [2.24, 2.45) is 5.92 Å². The summed E-state index contributed by atoms with van der Waals surface area (Å²) in [7, 11) is 0. The van der Waals surface area contributed by atoms with E-state index in [-0.39, 0.29) is 0 Å². The molecular formula is C15H27N3O2. The Morgan fingerprint density at radius 1 is 1.40 bits per heavy atom. The molecule has 1 fully saturated rings. The molecule has 0 bridgehead atoms. The summed E-state index contributed by atoms with van der Waals surface area (Å²) in [5.41, 5.74) is 0. The van der Waals surface area contributed by atoms with Gasteiger partial charge in [0.05, 0.1) is 6.61 Å². The molecule has 2 heterocycles. The van der Waals surface area contributed by atoms with Crippen molar-refractivity contribution in [3.63, 3.8) is 0 Å². The number of nitrogens with one attached hydrogen (secondary N) is 1. The maximum Gasteiger partial charge on any atom is 0.228 e. The fourth-order valence-electron chi connectivity index (χ4n) is 2.52. The maximum atomic E-state index is 5.48. The lowest BCUT2D eigenvalue weighted by Gasteiger charge is -2.20. The predicted octanol–water partition coefficient (Wildman–Crippen LogP) is 2.53. The molecule has 2 rings (SSSR count). The van der Waals surface area contributed by atoms with E-state index in [2.05, 4.69) is 36.2 Å². The average molecular weight is 281 g/mol. The van der Waals surface area contributed by atoms with E-state index in [4.69, 9.17) is 9.26 Å². The summed E-state index contributed by atoms with van der Waals surface area (Å²) in [5, 5.41) is 7.69. The van der Waals surface area contributed by atoms with Crippen molar-refractivity contribution < 1.29 is 9.26 Å². The Morgan fingerprint density at radius 3 is 2.90 bits per heavy atom. The lowest BCUT2D eigenvalue weighted by molar-refractivity contribution is 0.0773. The first-order chi connectivity index (χ1) is 9.70. The second-order valence-electron chi connectivity index (χ2n) is 5.97.